The highest BCUT2D eigenvalue weighted by Gasteiger charge is 2.31. The standard InChI is InChI=1S/C32H38N3O4/c1-36-28-14-13-24-25(12-8-7-10-17-34)31-26-21-29(37-2)30(39-19-11-6-4-5-9-16-33)20-23(26)15-18-35(31)22-27(24)32(28)38-3/h13-14,20-22H,4-12,15,18-19H2,1-3H3/q+1. The summed E-state index contributed by atoms with van der Waals surface area (Å²) in [6.07, 6.45) is 10.9. The molecule has 7 nitrogen and oxygen atoms in total. The Hall–Kier alpha value is -3.97. The molecule has 0 spiro atoms. The number of pyridine rings is 1. The summed E-state index contributed by atoms with van der Waals surface area (Å²) in [7, 11) is 5.03. The van der Waals surface area contributed by atoms with Crippen molar-refractivity contribution < 1.29 is 23.5 Å². The van der Waals surface area contributed by atoms with Crippen LogP contribution in [0.3, 0.4) is 0 Å². The fourth-order valence-corrected chi connectivity index (χ4v) is 5.50. The van der Waals surface area contributed by atoms with Gasteiger partial charge in [0.05, 0.1) is 51.0 Å². The van der Waals surface area contributed by atoms with Crippen LogP contribution in [0.15, 0.2) is 30.5 Å². The second-order valence-electron chi connectivity index (χ2n) is 9.86. The zero-order valence-electron chi connectivity index (χ0n) is 23.3. The molecule has 2 aromatic carbocycles. The van der Waals surface area contributed by atoms with E-state index in [2.05, 4.69) is 41.1 Å². The summed E-state index contributed by atoms with van der Waals surface area (Å²) < 4.78 is 25.7. The van der Waals surface area contributed by atoms with Crippen molar-refractivity contribution in [2.75, 3.05) is 27.9 Å². The number of aromatic nitrogens is 1. The summed E-state index contributed by atoms with van der Waals surface area (Å²) in [6, 6.07) is 12.8. The fourth-order valence-electron chi connectivity index (χ4n) is 5.50. The number of fused-ring (bicyclic) bond motifs is 4. The average molecular weight is 529 g/mol. The molecule has 204 valence electrons. The molecule has 1 aliphatic rings. The zero-order chi connectivity index (χ0) is 27.6. The van der Waals surface area contributed by atoms with Gasteiger partial charge < -0.3 is 18.9 Å². The molecule has 0 fully saturated rings. The van der Waals surface area contributed by atoms with Crippen molar-refractivity contribution in [3.05, 3.63) is 41.6 Å². The van der Waals surface area contributed by atoms with Gasteiger partial charge in [0.1, 0.15) is 0 Å². The lowest BCUT2D eigenvalue weighted by Crippen LogP contribution is -2.41. The predicted molar refractivity (Wildman–Crippen MR) is 150 cm³/mol. The highest BCUT2D eigenvalue weighted by Crippen LogP contribution is 2.43. The third-order valence-electron chi connectivity index (χ3n) is 7.44. The highest BCUT2D eigenvalue weighted by atomic mass is 16.5. The lowest BCUT2D eigenvalue weighted by atomic mass is 9.89. The van der Waals surface area contributed by atoms with E-state index < -0.39 is 0 Å². The molecular formula is C32H38N3O4+. The molecule has 0 radical (unpaired) electrons. The molecule has 0 unspecified atom stereocenters. The van der Waals surface area contributed by atoms with Crippen molar-refractivity contribution >= 4 is 10.8 Å². The molecule has 4 rings (SSSR count). The minimum atomic E-state index is 0.556. The van der Waals surface area contributed by atoms with Crippen LogP contribution < -0.4 is 23.5 Å². The molecule has 7 heteroatoms. The van der Waals surface area contributed by atoms with Gasteiger partial charge in [-0.05, 0) is 61.9 Å². The van der Waals surface area contributed by atoms with Gasteiger partial charge in [-0.25, -0.2) is 0 Å². The fraction of sp³-hybridized carbons (Fsp3) is 0.469. The number of nitriles is 2. The third-order valence-corrected chi connectivity index (χ3v) is 7.44. The molecular weight excluding hydrogens is 490 g/mol. The normalized spacial score (nSPS) is 11.7. The van der Waals surface area contributed by atoms with E-state index in [0.29, 0.717) is 25.2 Å². The first kappa shape index (κ1) is 28.0. The number of methoxy groups -OCH3 is 3. The zero-order valence-corrected chi connectivity index (χ0v) is 23.3. The first-order valence-electron chi connectivity index (χ1n) is 13.8. The molecule has 0 aliphatic carbocycles. The Morgan fingerprint density at radius 2 is 1.54 bits per heavy atom. The number of hydrogen-bond donors (Lipinski definition) is 0. The smallest absolute Gasteiger partial charge is 0.216 e. The van der Waals surface area contributed by atoms with Gasteiger partial charge in [0.25, 0.3) is 0 Å². The highest BCUT2D eigenvalue weighted by molar-refractivity contribution is 5.95. The van der Waals surface area contributed by atoms with Gasteiger partial charge >= 0.3 is 0 Å². The summed E-state index contributed by atoms with van der Waals surface area (Å²) in [6.45, 7) is 1.47. The molecule has 0 N–H and O–H groups in total. The molecule has 0 saturated heterocycles. The summed E-state index contributed by atoms with van der Waals surface area (Å²) in [5, 5.41) is 19.9. The number of unbranched alkanes of at least 4 members (excludes halogenated alkanes) is 6. The summed E-state index contributed by atoms with van der Waals surface area (Å²) in [5.41, 5.74) is 4.85. The molecule has 3 aromatic rings. The van der Waals surface area contributed by atoms with Crippen LogP contribution in [0.5, 0.6) is 23.0 Å². The molecule has 0 atom stereocenters. The maximum absolute atomic E-state index is 9.07. The Kier molecular flexibility index (Phi) is 9.86. The van der Waals surface area contributed by atoms with Gasteiger partial charge in [-0.2, -0.15) is 15.1 Å². The quantitative estimate of drug-likeness (QED) is 0.176. The molecule has 1 aliphatic heterocycles. The first-order valence-corrected chi connectivity index (χ1v) is 13.8. The molecule has 0 bridgehead atoms. The van der Waals surface area contributed by atoms with E-state index in [0.717, 1.165) is 91.5 Å². The molecule has 0 saturated carbocycles. The lowest BCUT2D eigenvalue weighted by Gasteiger charge is -2.22. The van der Waals surface area contributed by atoms with Crippen LogP contribution in [-0.4, -0.2) is 27.9 Å². The van der Waals surface area contributed by atoms with Gasteiger partial charge in [0.15, 0.2) is 35.7 Å². The van der Waals surface area contributed by atoms with Crippen molar-refractivity contribution in [2.24, 2.45) is 0 Å². The SMILES string of the molecule is COc1cc2c(cc1OCCCCCCC#N)CC[n+]1cc3c(OC)c(OC)ccc3c(CCCCC#N)c1-2. The van der Waals surface area contributed by atoms with Crippen LogP contribution in [0.2, 0.25) is 0 Å². The summed E-state index contributed by atoms with van der Waals surface area (Å²) in [4.78, 5) is 0. The Morgan fingerprint density at radius 3 is 2.26 bits per heavy atom. The van der Waals surface area contributed by atoms with Gasteiger partial charge in [-0.3, -0.25) is 0 Å². The van der Waals surface area contributed by atoms with Gasteiger partial charge in [0, 0.05) is 30.2 Å². The van der Waals surface area contributed by atoms with E-state index in [1.165, 1.54) is 16.8 Å². The second kappa shape index (κ2) is 13.7. The number of benzene rings is 2. The van der Waals surface area contributed by atoms with Crippen LogP contribution in [0.1, 0.15) is 62.5 Å². The van der Waals surface area contributed by atoms with E-state index in [9.17, 15) is 0 Å². The maximum Gasteiger partial charge on any atom is 0.216 e. The first-order chi connectivity index (χ1) is 19.2. The number of nitrogens with zero attached hydrogens (tertiary/aromatic N) is 3. The van der Waals surface area contributed by atoms with Crippen molar-refractivity contribution in [3.8, 4) is 46.4 Å². The molecule has 39 heavy (non-hydrogen) atoms. The van der Waals surface area contributed by atoms with Crippen LogP contribution in [0, 0.1) is 22.7 Å². The van der Waals surface area contributed by atoms with Crippen LogP contribution in [0.4, 0.5) is 0 Å². The van der Waals surface area contributed by atoms with Gasteiger partial charge in [-0.1, -0.05) is 12.8 Å². The lowest BCUT2D eigenvalue weighted by molar-refractivity contribution is -0.686. The summed E-state index contributed by atoms with van der Waals surface area (Å²) in [5.74, 6) is 2.97. The van der Waals surface area contributed by atoms with Gasteiger partial charge in [-0.15, -0.1) is 0 Å². The third kappa shape index (κ3) is 6.20. The summed E-state index contributed by atoms with van der Waals surface area (Å²) >= 11 is 0. The molecule has 2 heterocycles. The number of ether oxygens (including phenoxy) is 4. The molecule has 1 aromatic heterocycles. The van der Waals surface area contributed by atoms with Crippen LogP contribution in [-0.2, 0) is 19.4 Å². The Balaban J connectivity index is 1.72. The Bertz CT molecular complexity index is 1390. The number of aryl methyl sites for hydroxylation is 3. The van der Waals surface area contributed by atoms with Crippen LogP contribution >= 0.6 is 0 Å². The van der Waals surface area contributed by atoms with Crippen molar-refractivity contribution in [3.63, 3.8) is 0 Å². The Labute approximate surface area is 231 Å². The largest absolute Gasteiger partial charge is 0.493 e. The minimum Gasteiger partial charge on any atom is -0.493 e. The number of hydrogen-bond acceptors (Lipinski definition) is 6. The van der Waals surface area contributed by atoms with E-state index in [1.54, 1.807) is 21.3 Å². The van der Waals surface area contributed by atoms with Gasteiger partial charge in [0.2, 0.25) is 5.69 Å². The minimum absolute atomic E-state index is 0.556. The maximum atomic E-state index is 9.07. The number of rotatable bonds is 14. The van der Waals surface area contributed by atoms with Crippen LogP contribution in [0.25, 0.3) is 22.0 Å². The topological polar surface area (TPSA) is 88.4 Å². The predicted octanol–water partition coefficient (Wildman–Crippen LogP) is 6.47. The average Bonchev–Trinajstić information content (AvgIpc) is 2.97. The second-order valence-corrected chi connectivity index (χ2v) is 9.86. The Morgan fingerprint density at radius 1 is 0.795 bits per heavy atom. The van der Waals surface area contributed by atoms with E-state index >= 15 is 0 Å². The van der Waals surface area contributed by atoms with E-state index in [4.69, 9.17) is 29.5 Å². The van der Waals surface area contributed by atoms with E-state index in [-0.39, 0.29) is 0 Å². The van der Waals surface area contributed by atoms with Crippen molar-refractivity contribution in [1.29, 1.82) is 10.5 Å². The van der Waals surface area contributed by atoms with Crippen molar-refractivity contribution in [2.45, 2.75) is 70.8 Å². The van der Waals surface area contributed by atoms with Crippen molar-refractivity contribution in [1.82, 2.24) is 0 Å². The monoisotopic (exact) mass is 528 g/mol. The molecule has 0 amide bonds. The van der Waals surface area contributed by atoms with E-state index in [1.807, 2.05) is 6.07 Å².